The Labute approximate surface area is 217 Å². The number of thiophene rings is 1. The molecule has 0 spiro atoms. The Kier molecular flexibility index (Phi) is 8.18. The number of fused-ring (bicyclic) bond motifs is 1. The van der Waals surface area contributed by atoms with Gasteiger partial charge in [-0.15, -0.1) is 11.3 Å². The van der Waals surface area contributed by atoms with Crippen molar-refractivity contribution in [3.05, 3.63) is 45.8 Å². The van der Waals surface area contributed by atoms with Crippen LogP contribution in [0.4, 0.5) is 5.00 Å². The number of esters is 1. The van der Waals surface area contributed by atoms with E-state index in [0.29, 0.717) is 41.1 Å². The number of sulfonamides is 1. The number of hydrogen-bond acceptors (Lipinski definition) is 6. The molecule has 1 aromatic heterocycles. The number of anilines is 1. The highest BCUT2D eigenvalue weighted by Crippen LogP contribution is 2.36. The van der Waals surface area contributed by atoms with E-state index in [4.69, 9.17) is 4.74 Å². The average molecular weight is 535 g/mol. The smallest absolute Gasteiger partial charge is 0.341 e. The second-order valence-electron chi connectivity index (χ2n) is 9.96. The van der Waals surface area contributed by atoms with Crippen molar-refractivity contribution in [3.8, 4) is 0 Å². The van der Waals surface area contributed by atoms with Crippen LogP contribution in [0.1, 0.15) is 65.3 Å². The van der Waals surface area contributed by atoms with Gasteiger partial charge in [-0.3, -0.25) is 4.79 Å². The predicted molar refractivity (Wildman–Crippen MR) is 140 cm³/mol. The maximum absolute atomic E-state index is 13.2. The minimum absolute atomic E-state index is 0.182. The highest BCUT2D eigenvalue weighted by Gasteiger charge is 2.33. The summed E-state index contributed by atoms with van der Waals surface area (Å²) >= 11 is 1.43. The zero-order valence-electron chi connectivity index (χ0n) is 21.4. The number of likely N-dealkylation sites (N-methyl/N-ethyl adjacent to an activating group) is 1. The third kappa shape index (κ3) is 5.51. The highest BCUT2D eigenvalue weighted by atomic mass is 32.2. The van der Waals surface area contributed by atoms with E-state index < -0.39 is 16.0 Å². The molecule has 1 aromatic carbocycles. The molecule has 0 radical (unpaired) electrons. The summed E-state index contributed by atoms with van der Waals surface area (Å²) in [6.45, 7) is 12.1. The van der Waals surface area contributed by atoms with Gasteiger partial charge in [0.05, 0.1) is 35.0 Å². The fraction of sp³-hybridized carbons (Fsp3) is 0.538. The lowest BCUT2D eigenvalue weighted by Crippen LogP contribution is -3.11. The zero-order valence-corrected chi connectivity index (χ0v) is 23.1. The standard InChI is InChI=1S/C26H35N3O5S2/c1-5-28-12-11-21-22(16-28)35-25(23(21)26(31)34-6-2)27-24(30)19-7-9-20(10-8-19)36(32,33)29-14-17(3)13-18(4)15-29/h7-10,17-18H,5-6,11-16H2,1-4H3,(H,27,30)/p+1. The number of nitrogens with zero attached hydrogens (tertiary/aromatic N) is 1. The van der Waals surface area contributed by atoms with Crippen molar-refractivity contribution in [2.45, 2.75) is 52.0 Å². The summed E-state index contributed by atoms with van der Waals surface area (Å²) in [6.07, 6.45) is 1.78. The van der Waals surface area contributed by atoms with Crippen LogP contribution in [0.3, 0.4) is 0 Å². The summed E-state index contributed by atoms with van der Waals surface area (Å²) in [5, 5.41) is 3.39. The Morgan fingerprint density at radius 3 is 2.42 bits per heavy atom. The first kappa shape index (κ1) is 26.8. The van der Waals surface area contributed by atoms with E-state index >= 15 is 0 Å². The van der Waals surface area contributed by atoms with Crippen molar-refractivity contribution in [1.29, 1.82) is 0 Å². The summed E-state index contributed by atoms with van der Waals surface area (Å²) in [5.74, 6) is -0.186. The van der Waals surface area contributed by atoms with Crippen LogP contribution in [0, 0.1) is 11.8 Å². The fourth-order valence-corrected chi connectivity index (χ4v) is 8.23. The lowest BCUT2D eigenvalue weighted by atomic mass is 9.94. The van der Waals surface area contributed by atoms with Crippen LogP contribution in [0.15, 0.2) is 29.2 Å². The Bertz CT molecular complexity index is 1210. The number of benzene rings is 1. The first-order valence-electron chi connectivity index (χ1n) is 12.7. The van der Waals surface area contributed by atoms with Crippen LogP contribution in [-0.2, 0) is 27.7 Å². The van der Waals surface area contributed by atoms with Crippen molar-refractivity contribution < 1.29 is 27.6 Å². The third-order valence-electron chi connectivity index (χ3n) is 7.03. The van der Waals surface area contributed by atoms with Crippen molar-refractivity contribution in [1.82, 2.24) is 4.31 Å². The van der Waals surface area contributed by atoms with Gasteiger partial charge in [-0.25, -0.2) is 13.2 Å². The third-order valence-corrected chi connectivity index (χ3v) is 10.0. The van der Waals surface area contributed by atoms with Crippen molar-refractivity contribution in [2.24, 2.45) is 11.8 Å². The second kappa shape index (κ2) is 11.0. The van der Waals surface area contributed by atoms with Crippen LogP contribution >= 0.6 is 11.3 Å². The molecule has 3 heterocycles. The molecule has 8 nitrogen and oxygen atoms in total. The average Bonchev–Trinajstić information content (AvgIpc) is 3.20. The molecule has 3 atom stereocenters. The quantitative estimate of drug-likeness (QED) is 0.533. The molecule has 2 aliphatic heterocycles. The monoisotopic (exact) mass is 534 g/mol. The molecule has 2 aromatic rings. The first-order valence-corrected chi connectivity index (χ1v) is 15.0. The van der Waals surface area contributed by atoms with Gasteiger partial charge in [0.15, 0.2) is 0 Å². The number of carbonyl (C=O) groups is 2. The molecule has 4 rings (SSSR count). The van der Waals surface area contributed by atoms with E-state index in [1.54, 1.807) is 11.2 Å². The molecule has 2 N–H and O–H groups in total. The molecule has 3 unspecified atom stereocenters. The van der Waals surface area contributed by atoms with E-state index in [2.05, 4.69) is 26.1 Å². The van der Waals surface area contributed by atoms with Gasteiger partial charge in [-0.2, -0.15) is 4.31 Å². The van der Waals surface area contributed by atoms with Gasteiger partial charge in [-0.05, 0) is 61.9 Å². The van der Waals surface area contributed by atoms with E-state index in [1.807, 2.05) is 0 Å². The van der Waals surface area contributed by atoms with Gasteiger partial charge < -0.3 is 15.0 Å². The molecule has 2 aliphatic rings. The number of hydrogen-bond donors (Lipinski definition) is 2. The largest absolute Gasteiger partial charge is 0.462 e. The van der Waals surface area contributed by atoms with Gasteiger partial charge in [0.1, 0.15) is 11.5 Å². The van der Waals surface area contributed by atoms with Crippen LogP contribution in [-0.4, -0.2) is 57.4 Å². The molecule has 1 fully saturated rings. The molecular formula is C26H36N3O5S2+. The minimum Gasteiger partial charge on any atom is -0.462 e. The molecule has 196 valence electrons. The number of rotatable bonds is 7. The van der Waals surface area contributed by atoms with Crippen molar-refractivity contribution >= 4 is 38.2 Å². The second-order valence-corrected chi connectivity index (χ2v) is 13.0. The van der Waals surface area contributed by atoms with Crippen LogP contribution in [0.25, 0.3) is 0 Å². The molecule has 0 bridgehead atoms. The van der Waals surface area contributed by atoms with Crippen LogP contribution in [0.5, 0.6) is 0 Å². The zero-order chi connectivity index (χ0) is 26.0. The maximum atomic E-state index is 13.2. The number of piperidine rings is 1. The number of nitrogens with one attached hydrogen (secondary N) is 2. The van der Waals surface area contributed by atoms with Crippen molar-refractivity contribution in [3.63, 3.8) is 0 Å². The van der Waals surface area contributed by atoms with E-state index in [1.165, 1.54) is 40.5 Å². The van der Waals surface area contributed by atoms with Crippen molar-refractivity contribution in [2.75, 3.05) is 38.1 Å². The highest BCUT2D eigenvalue weighted by molar-refractivity contribution is 7.89. The predicted octanol–water partition coefficient (Wildman–Crippen LogP) is 2.80. The lowest BCUT2D eigenvalue weighted by Gasteiger charge is -2.34. The number of amides is 1. The van der Waals surface area contributed by atoms with Crippen LogP contribution < -0.4 is 10.2 Å². The maximum Gasteiger partial charge on any atom is 0.341 e. The summed E-state index contributed by atoms with van der Waals surface area (Å²) in [7, 11) is -3.62. The van der Waals surface area contributed by atoms with Gasteiger partial charge in [0.25, 0.3) is 5.91 Å². The van der Waals surface area contributed by atoms with E-state index in [-0.39, 0.29) is 17.4 Å². The summed E-state index contributed by atoms with van der Waals surface area (Å²) in [5.41, 5.74) is 1.75. The lowest BCUT2D eigenvalue weighted by molar-refractivity contribution is -0.913. The molecule has 1 amide bonds. The Hall–Kier alpha value is -2.27. The molecule has 10 heteroatoms. The van der Waals surface area contributed by atoms with Gasteiger partial charge in [0, 0.05) is 25.1 Å². The summed E-state index contributed by atoms with van der Waals surface area (Å²) in [4.78, 5) is 28.6. The number of carbonyl (C=O) groups excluding carboxylic acids is 2. The molecule has 0 aliphatic carbocycles. The number of ether oxygens (including phenoxy) is 1. The number of quaternary nitrogens is 1. The Morgan fingerprint density at radius 2 is 1.81 bits per heavy atom. The van der Waals surface area contributed by atoms with Crippen LogP contribution in [0.2, 0.25) is 0 Å². The van der Waals surface area contributed by atoms with Gasteiger partial charge >= 0.3 is 5.97 Å². The molecule has 1 saturated heterocycles. The topological polar surface area (TPSA) is 97.2 Å². The van der Waals surface area contributed by atoms with Gasteiger partial charge in [-0.1, -0.05) is 13.8 Å². The van der Waals surface area contributed by atoms with E-state index in [9.17, 15) is 18.0 Å². The van der Waals surface area contributed by atoms with Gasteiger partial charge in [0.2, 0.25) is 10.0 Å². The molecular weight excluding hydrogens is 498 g/mol. The molecule has 36 heavy (non-hydrogen) atoms. The summed E-state index contributed by atoms with van der Waals surface area (Å²) in [6, 6.07) is 6.03. The van der Waals surface area contributed by atoms with E-state index in [0.717, 1.165) is 42.9 Å². The Morgan fingerprint density at radius 1 is 1.14 bits per heavy atom. The SMILES string of the molecule is CCOC(=O)c1c(NC(=O)c2ccc(S(=O)(=O)N3CC(C)CC(C)C3)cc2)sc2c1CC[NH+](CC)C2. The molecule has 0 saturated carbocycles. The fourth-order valence-electron chi connectivity index (χ4n) is 5.25. The summed E-state index contributed by atoms with van der Waals surface area (Å²) < 4.78 is 33.2. The first-order chi connectivity index (χ1) is 17.1. The Balaban J connectivity index is 1.55. The minimum atomic E-state index is -3.62. The normalized spacial score (nSPS) is 22.6.